The highest BCUT2D eigenvalue weighted by Crippen LogP contribution is 2.19. The molecule has 1 heterocycles. The molecule has 2 aromatic carbocycles. The number of amides is 1. The molecule has 0 saturated carbocycles. The van der Waals surface area contributed by atoms with Gasteiger partial charge < -0.3 is 14.8 Å². The summed E-state index contributed by atoms with van der Waals surface area (Å²) in [6.45, 7) is 6.64. The van der Waals surface area contributed by atoms with Gasteiger partial charge in [0.15, 0.2) is 6.61 Å². The third-order valence-electron chi connectivity index (χ3n) is 4.35. The number of benzene rings is 2. The van der Waals surface area contributed by atoms with E-state index in [4.69, 9.17) is 9.47 Å². The van der Waals surface area contributed by atoms with Crippen LogP contribution >= 0.6 is 0 Å². The van der Waals surface area contributed by atoms with Gasteiger partial charge in [0.2, 0.25) is 5.88 Å². The SMILES string of the molecule is Cc1ccc(-c2ccc(OCCNC(=O)COc3ccc(C)cc3C)nn2)cc1. The Morgan fingerprint density at radius 1 is 0.897 bits per heavy atom. The van der Waals surface area contributed by atoms with Crippen molar-refractivity contribution in [3.8, 4) is 22.9 Å². The zero-order valence-corrected chi connectivity index (χ0v) is 16.9. The van der Waals surface area contributed by atoms with Gasteiger partial charge in [-0.05, 0) is 38.5 Å². The van der Waals surface area contributed by atoms with E-state index in [9.17, 15) is 4.79 Å². The summed E-state index contributed by atoms with van der Waals surface area (Å²) in [6, 6.07) is 17.6. The highest BCUT2D eigenvalue weighted by molar-refractivity contribution is 5.77. The van der Waals surface area contributed by atoms with E-state index >= 15 is 0 Å². The van der Waals surface area contributed by atoms with Crippen LogP contribution in [0.2, 0.25) is 0 Å². The molecule has 29 heavy (non-hydrogen) atoms. The fraction of sp³-hybridized carbons (Fsp3) is 0.261. The predicted molar refractivity (Wildman–Crippen MR) is 112 cm³/mol. The quantitative estimate of drug-likeness (QED) is 0.594. The zero-order valence-electron chi connectivity index (χ0n) is 16.9. The lowest BCUT2D eigenvalue weighted by Gasteiger charge is -2.10. The molecule has 0 radical (unpaired) electrons. The first-order chi connectivity index (χ1) is 14.0. The highest BCUT2D eigenvalue weighted by atomic mass is 16.5. The normalized spacial score (nSPS) is 10.4. The maximum absolute atomic E-state index is 11.9. The number of rotatable bonds is 8. The predicted octanol–water partition coefficient (Wildman–Crippen LogP) is 3.64. The molecule has 0 unspecified atom stereocenters. The van der Waals surface area contributed by atoms with Gasteiger partial charge in [0.05, 0.1) is 12.2 Å². The molecule has 0 aliphatic heterocycles. The van der Waals surface area contributed by atoms with Gasteiger partial charge in [0.25, 0.3) is 5.91 Å². The van der Waals surface area contributed by atoms with Crippen molar-refractivity contribution in [2.45, 2.75) is 20.8 Å². The summed E-state index contributed by atoms with van der Waals surface area (Å²) in [7, 11) is 0. The Morgan fingerprint density at radius 3 is 2.34 bits per heavy atom. The second-order valence-corrected chi connectivity index (χ2v) is 6.88. The summed E-state index contributed by atoms with van der Waals surface area (Å²) in [5, 5.41) is 11.0. The molecular weight excluding hydrogens is 366 g/mol. The van der Waals surface area contributed by atoms with Crippen LogP contribution in [0.5, 0.6) is 11.6 Å². The molecule has 0 spiro atoms. The van der Waals surface area contributed by atoms with Gasteiger partial charge in [0.1, 0.15) is 12.4 Å². The fourth-order valence-corrected chi connectivity index (χ4v) is 2.78. The van der Waals surface area contributed by atoms with Crippen molar-refractivity contribution in [1.82, 2.24) is 15.5 Å². The van der Waals surface area contributed by atoms with Crippen molar-refractivity contribution in [2.24, 2.45) is 0 Å². The first-order valence-corrected chi connectivity index (χ1v) is 9.51. The summed E-state index contributed by atoms with van der Waals surface area (Å²) < 4.78 is 11.1. The number of hydrogen-bond donors (Lipinski definition) is 1. The van der Waals surface area contributed by atoms with Crippen LogP contribution in [0.4, 0.5) is 0 Å². The van der Waals surface area contributed by atoms with Crippen molar-refractivity contribution in [2.75, 3.05) is 19.8 Å². The van der Waals surface area contributed by atoms with Gasteiger partial charge in [-0.1, -0.05) is 47.5 Å². The molecule has 0 saturated heterocycles. The van der Waals surface area contributed by atoms with Crippen LogP contribution in [0.3, 0.4) is 0 Å². The van der Waals surface area contributed by atoms with E-state index in [0.29, 0.717) is 24.8 Å². The van der Waals surface area contributed by atoms with Crippen LogP contribution in [0.15, 0.2) is 54.6 Å². The Labute approximate surface area is 170 Å². The number of aryl methyl sites for hydroxylation is 3. The Morgan fingerprint density at radius 2 is 1.66 bits per heavy atom. The minimum Gasteiger partial charge on any atom is -0.484 e. The standard InChI is InChI=1S/C23H25N3O3/c1-16-4-7-19(8-5-16)20-9-11-23(26-25-20)28-13-12-24-22(27)15-29-21-10-6-17(2)14-18(21)3/h4-11,14H,12-13,15H2,1-3H3,(H,24,27). The number of carbonyl (C=O) groups excluding carboxylic acids is 1. The second-order valence-electron chi connectivity index (χ2n) is 6.88. The topological polar surface area (TPSA) is 73.3 Å². The van der Waals surface area contributed by atoms with E-state index in [1.165, 1.54) is 5.56 Å². The maximum atomic E-state index is 11.9. The van der Waals surface area contributed by atoms with Gasteiger partial charge in [0, 0.05) is 11.6 Å². The summed E-state index contributed by atoms with van der Waals surface area (Å²) >= 11 is 0. The van der Waals surface area contributed by atoms with Crippen LogP contribution in [-0.2, 0) is 4.79 Å². The first kappa shape index (κ1) is 20.3. The fourth-order valence-electron chi connectivity index (χ4n) is 2.78. The number of ether oxygens (including phenoxy) is 2. The largest absolute Gasteiger partial charge is 0.484 e. The van der Waals surface area contributed by atoms with Crippen molar-refractivity contribution in [3.05, 3.63) is 71.3 Å². The molecular formula is C23H25N3O3. The first-order valence-electron chi connectivity index (χ1n) is 9.51. The molecule has 0 atom stereocenters. The van der Waals surface area contributed by atoms with E-state index in [1.807, 2.05) is 69.3 Å². The minimum atomic E-state index is -0.200. The van der Waals surface area contributed by atoms with E-state index in [-0.39, 0.29) is 12.5 Å². The van der Waals surface area contributed by atoms with Gasteiger partial charge in [-0.25, -0.2) is 0 Å². The average molecular weight is 391 g/mol. The number of aromatic nitrogens is 2. The lowest BCUT2D eigenvalue weighted by atomic mass is 10.1. The zero-order chi connectivity index (χ0) is 20.6. The number of carbonyl (C=O) groups is 1. The summed E-state index contributed by atoms with van der Waals surface area (Å²) in [6.07, 6.45) is 0. The minimum absolute atomic E-state index is 0.0328. The lowest BCUT2D eigenvalue weighted by molar-refractivity contribution is -0.123. The lowest BCUT2D eigenvalue weighted by Crippen LogP contribution is -2.32. The summed E-state index contributed by atoms with van der Waals surface area (Å²) in [5.41, 5.74) is 5.16. The molecule has 0 aliphatic carbocycles. The smallest absolute Gasteiger partial charge is 0.258 e. The Hall–Kier alpha value is -3.41. The Bertz CT molecular complexity index is 954. The molecule has 3 rings (SSSR count). The molecule has 1 aromatic heterocycles. The van der Waals surface area contributed by atoms with Crippen LogP contribution in [0.1, 0.15) is 16.7 Å². The number of hydrogen-bond acceptors (Lipinski definition) is 5. The van der Waals surface area contributed by atoms with Crippen molar-refractivity contribution < 1.29 is 14.3 Å². The molecule has 0 aliphatic rings. The van der Waals surface area contributed by atoms with Gasteiger partial charge in [-0.15, -0.1) is 10.2 Å². The van der Waals surface area contributed by atoms with Crippen molar-refractivity contribution >= 4 is 5.91 Å². The molecule has 1 amide bonds. The van der Waals surface area contributed by atoms with E-state index in [1.54, 1.807) is 6.07 Å². The van der Waals surface area contributed by atoms with Crippen LogP contribution in [0, 0.1) is 20.8 Å². The van der Waals surface area contributed by atoms with Gasteiger partial charge in [-0.2, -0.15) is 0 Å². The van der Waals surface area contributed by atoms with E-state index < -0.39 is 0 Å². The monoisotopic (exact) mass is 391 g/mol. The Balaban J connectivity index is 1.38. The van der Waals surface area contributed by atoms with Crippen LogP contribution in [0.25, 0.3) is 11.3 Å². The molecule has 0 fully saturated rings. The maximum Gasteiger partial charge on any atom is 0.258 e. The number of nitrogens with zero attached hydrogens (tertiary/aromatic N) is 2. The molecule has 1 N–H and O–H groups in total. The highest BCUT2D eigenvalue weighted by Gasteiger charge is 2.06. The summed E-state index contributed by atoms with van der Waals surface area (Å²) in [4.78, 5) is 11.9. The van der Waals surface area contributed by atoms with E-state index in [0.717, 1.165) is 22.4 Å². The van der Waals surface area contributed by atoms with Crippen molar-refractivity contribution in [1.29, 1.82) is 0 Å². The molecule has 3 aromatic rings. The van der Waals surface area contributed by atoms with Crippen LogP contribution < -0.4 is 14.8 Å². The van der Waals surface area contributed by atoms with E-state index in [2.05, 4.69) is 15.5 Å². The molecule has 150 valence electrons. The molecule has 0 bridgehead atoms. The van der Waals surface area contributed by atoms with Gasteiger partial charge in [-0.3, -0.25) is 4.79 Å². The molecule has 6 nitrogen and oxygen atoms in total. The van der Waals surface area contributed by atoms with Gasteiger partial charge >= 0.3 is 0 Å². The van der Waals surface area contributed by atoms with Crippen molar-refractivity contribution in [3.63, 3.8) is 0 Å². The third kappa shape index (κ3) is 6.04. The average Bonchev–Trinajstić information content (AvgIpc) is 2.72. The van der Waals surface area contributed by atoms with Crippen LogP contribution in [-0.4, -0.2) is 35.9 Å². The number of nitrogens with one attached hydrogen (secondary N) is 1. The Kier molecular flexibility index (Phi) is 6.79. The second kappa shape index (κ2) is 9.68. The molecule has 6 heteroatoms. The summed E-state index contributed by atoms with van der Waals surface area (Å²) in [5.74, 6) is 0.932. The third-order valence-corrected chi connectivity index (χ3v) is 4.35.